The van der Waals surface area contributed by atoms with E-state index >= 15 is 4.39 Å². The standard InChI is InChI=1S/C29H28F2N4O.2ClH/c1-20-10-11-24-25(32-20)8-5-9-27(24)35-16-14-34(15-17-35)13-12-22-18-23(30)19-26(28(22)31)33-29(36)21-6-3-2-4-7-21;;/h2-11,18-19H,12-17H2,1H3,(H,33,36);2*1H. The first-order chi connectivity index (χ1) is 17.5. The highest BCUT2D eigenvalue weighted by Gasteiger charge is 2.20. The number of carbonyl (C=O) groups is 1. The Labute approximate surface area is 233 Å². The SMILES string of the molecule is Cc1ccc2c(N3CCN(CCc4cc(F)cc(NC(=O)c5ccccc5)c4F)CC3)cccc2n1.Cl.Cl. The van der Waals surface area contributed by atoms with E-state index in [0.29, 0.717) is 18.5 Å². The van der Waals surface area contributed by atoms with Gasteiger partial charge in [0.1, 0.15) is 11.6 Å². The van der Waals surface area contributed by atoms with Crippen molar-refractivity contribution >= 4 is 53.0 Å². The summed E-state index contributed by atoms with van der Waals surface area (Å²) in [5, 5.41) is 3.65. The van der Waals surface area contributed by atoms with Crippen molar-refractivity contribution in [2.75, 3.05) is 42.9 Å². The predicted octanol–water partition coefficient (Wildman–Crippen LogP) is 6.28. The van der Waals surface area contributed by atoms with Crippen LogP contribution in [-0.4, -0.2) is 48.5 Å². The third kappa shape index (κ3) is 6.59. The molecule has 1 saturated heterocycles. The van der Waals surface area contributed by atoms with Crippen molar-refractivity contribution in [1.82, 2.24) is 9.88 Å². The van der Waals surface area contributed by atoms with E-state index in [0.717, 1.165) is 48.8 Å². The highest BCUT2D eigenvalue weighted by atomic mass is 35.5. The van der Waals surface area contributed by atoms with Gasteiger partial charge >= 0.3 is 0 Å². The van der Waals surface area contributed by atoms with Crippen LogP contribution >= 0.6 is 24.8 Å². The smallest absolute Gasteiger partial charge is 0.255 e. The maximum absolute atomic E-state index is 15.1. The summed E-state index contributed by atoms with van der Waals surface area (Å²) >= 11 is 0. The van der Waals surface area contributed by atoms with Gasteiger partial charge in [-0.1, -0.05) is 24.3 Å². The Morgan fingerprint density at radius 2 is 1.66 bits per heavy atom. The Morgan fingerprint density at radius 3 is 2.39 bits per heavy atom. The van der Waals surface area contributed by atoms with Gasteiger partial charge < -0.3 is 10.2 Å². The van der Waals surface area contributed by atoms with Crippen LogP contribution in [0.3, 0.4) is 0 Å². The molecule has 5 rings (SSSR count). The molecule has 9 heteroatoms. The minimum Gasteiger partial charge on any atom is -0.368 e. The number of nitrogens with zero attached hydrogens (tertiary/aromatic N) is 3. The van der Waals surface area contributed by atoms with Crippen molar-refractivity contribution in [2.24, 2.45) is 0 Å². The molecule has 1 aliphatic heterocycles. The molecule has 0 atom stereocenters. The van der Waals surface area contributed by atoms with Crippen molar-refractivity contribution in [2.45, 2.75) is 13.3 Å². The van der Waals surface area contributed by atoms with Crippen molar-refractivity contribution in [3.63, 3.8) is 0 Å². The quantitative estimate of drug-likeness (QED) is 0.302. The van der Waals surface area contributed by atoms with Crippen LogP contribution in [0.25, 0.3) is 10.9 Å². The van der Waals surface area contributed by atoms with Crippen molar-refractivity contribution in [3.05, 3.63) is 101 Å². The molecule has 5 nitrogen and oxygen atoms in total. The van der Waals surface area contributed by atoms with Crippen LogP contribution < -0.4 is 10.2 Å². The van der Waals surface area contributed by atoms with Crippen LogP contribution in [0.5, 0.6) is 0 Å². The van der Waals surface area contributed by atoms with E-state index in [9.17, 15) is 9.18 Å². The van der Waals surface area contributed by atoms with E-state index < -0.39 is 17.5 Å². The van der Waals surface area contributed by atoms with Gasteiger partial charge in [0.05, 0.1) is 11.2 Å². The zero-order valence-electron chi connectivity index (χ0n) is 21.0. The van der Waals surface area contributed by atoms with Gasteiger partial charge in [-0.15, -0.1) is 24.8 Å². The van der Waals surface area contributed by atoms with Gasteiger partial charge in [0, 0.05) is 61.1 Å². The number of hydrogen-bond acceptors (Lipinski definition) is 4. The van der Waals surface area contributed by atoms with Gasteiger partial charge in [-0.2, -0.15) is 0 Å². The fourth-order valence-corrected chi connectivity index (χ4v) is 4.71. The van der Waals surface area contributed by atoms with E-state index in [1.807, 2.05) is 25.1 Å². The number of halogens is 4. The summed E-state index contributed by atoms with van der Waals surface area (Å²) < 4.78 is 29.4. The lowest BCUT2D eigenvalue weighted by Crippen LogP contribution is -2.47. The van der Waals surface area contributed by atoms with E-state index in [4.69, 9.17) is 0 Å². The summed E-state index contributed by atoms with van der Waals surface area (Å²) in [6.45, 7) is 5.94. The molecular weight excluding hydrogens is 529 g/mol. The number of aryl methyl sites for hydroxylation is 1. The lowest BCUT2D eigenvalue weighted by Gasteiger charge is -2.36. The highest BCUT2D eigenvalue weighted by molar-refractivity contribution is 6.04. The molecule has 0 aliphatic carbocycles. The molecule has 200 valence electrons. The lowest BCUT2D eigenvalue weighted by atomic mass is 10.1. The Bertz CT molecular complexity index is 1400. The van der Waals surface area contributed by atoms with Gasteiger partial charge in [-0.3, -0.25) is 14.7 Å². The van der Waals surface area contributed by atoms with Crippen LogP contribution in [0.2, 0.25) is 0 Å². The number of pyridine rings is 1. The Hall–Kier alpha value is -3.26. The Balaban J connectivity index is 0.00000200. The molecule has 2 heterocycles. The molecule has 38 heavy (non-hydrogen) atoms. The maximum atomic E-state index is 15.1. The van der Waals surface area contributed by atoms with Gasteiger partial charge in [0.15, 0.2) is 0 Å². The number of hydrogen-bond donors (Lipinski definition) is 1. The maximum Gasteiger partial charge on any atom is 0.255 e. The van der Waals surface area contributed by atoms with Crippen LogP contribution in [0.1, 0.15) is 21.6 Å². The molecule has 0 bridgehead atoms. The summed E-state index contributed by atoms with van der Waals surface area (Å²) in [5.41, 5.74) is 3.68. The molecule has 0 unspecified atom stereocenters. The zero-order chi connectivity index (χ0) is 25.1. The van der Waals surface area contributed by atoms with E-state index in [2.05, 4.69) is 32.2 Å². The first-order valence-electron chi connectivity index (χ1n) is 12.2. The van der Waals surface area contributed by atoms with Crippen LogP contribution in [0.4, 0.5) is 20.2 Å². The second kappa shape index (κ2) is 13.0. The van der Waals surface area contributed by atoms with Crippen LogP contribution in [0, 0.1) is 18.6 Å². The van der Waals surface area contributed by atoms with Crippen LogP contribution in [-0.2, 0) is 6.42 Å². The topological polar surface area (TPSA) is 48.5 Å². The molecule has 0 radical (unpaired) electrons. The van der Waals surface area contributed by atoms with Crippen molar-refractivity contribution in [3.8, 4) is 0 Å². The number of benzene rings is 3. The highest BCUT2D eigenvalue weighted by Crippen LogP contribution is 2.27. The molecule has 1 aliphatic rings. The average molecular weight is 559 g/mol. The Kier molecular flexibility index (Phi) is 10.0. The molecular formula is C29H30Cl2F2N4O. The van der Waals surface area contributed by atoms with E-state index in [1.54, 1.807) is 30.3 Å². The third-order valence-corrected chi connectivity index (χ3v) is 6.66. The number of piperazine rings is 1. The summed E-state index contributed by atoms with van der Waals surface area (Å²) in [7, 11) is 0. The van der Waals surface area contributed by atoms with Gasteiger partial charge in [-0.25, -0.2) is 8.78 Å². The van der Waals surface area contributed by atoms with Gasteiger partial charge in [0.25, 0.3) is 5.91 Å². The molecule has 1 fully saturated rings. The van der Waals surface area contributed by atoms with Crippen molar-refractivity contribution in [1.29, 1.82) is 0 Å². The summed E-state index contributed by atoms with van der Waals surface area (Å²) in [5.74, 6) is -1.63. The number of carbonyl (C=O) groups excluding carboxylic acids is 1. The number of fused-ring (bicyclic) bond motifs is 1. The van der Waals surface area contributed by atoms with Crippen molar-refractivity contribution < 1.29 is 13.6 Å². The first-order valence-corrected chi connectivity index (χ1v) is 12.2. The first kappa shape index (κ1) is 29.3. The van der Waals surface area contributed by atoms with Gasteiger partial charge in [-0.05, 0) is 61.4 Å². The van der Waals surface area contributed by atoms with E-state index in [-0.39, 0.29) is 36.1 Å². The average Bonchev–Trinajstić information content (AvgIpc) is 2.90. The fourth-order valence-electron chi connectivity index (χ4n) is 4.71. The molecule has 1 aromatic heterocycles. The van der Waals surface area contributed by atoms with Crippen LogP contribution in [0.15, 0.2) is 72.8 Å². The molecule has 4 aromatic rings. The molecule has 1 amide bonds. The minimum atomic E-state index is -0.585. The Morgan fingerprint density at radius 1 is 0.921 bits per heavy atom. The third-order valence-electron chi connectivity index (χ3n) is 6.66. The second-order valence-electron chi connectivity index (χ2n) is 9.12. The molecule has 1 N–H and O–H groups in total. The summed E-state index contributed by atoms with van der Waals surface area (Å²) in [6, 6.07) is 21.1. The number of aromatic nitrogens is 1. The van der Waals surface area contributed by atoms with E-state index in [1.165, 1.54) is 11.8 Å². The number of amides is 1. The molecule has 3 aromatic carbocycles. The number of anilines is 2. The lowest BCUT2D eigenvalue weighted by molar-refractivity contribution is 0.102. The normalized spacial score (nSPS) is 13.5. The number of nitrogens with one attached hydrogen (secondary N) is 1. The zero-order valence-corrected chi connectivity index (χ0v) is 22.6. The molecule has 0 saturated carbocycles. The predicted molar refractivity (Wildman–Crippen MR) is 154 cm³/mol. The molecule has 0 spiro atoms. The second-order valence-corrected chi connectivity index (χ2v) is 9.12. The number of rotatable bonds is 6. The monoisotopic (exact) mass is 558 g/mol. The minimum absolute atomic E-state index is 0. The fraction of sp³-hybridized carbons (Fsp3) is 0.241. The summed E-state index contributed by atoms with van der Waals surface area (Å²) in [4.78, 5) is 21.7. The van der Waals surface area contributed by atoms with Gasteiger partial charge in [0.2, 0.25) is 0 Å². The largest absolute Gasteiger partial charge is 0.368 e. The summed E-state index contributed by atoms with van der Waals surface area (Å²) in [6.07, 6.45) is 0.356.